The molecule has 0 radical (unpaired) electrons. The van der Waals surface area contributed by atoms with E-state index in [2.05, 4.69) is 10.1 Å². The molecule has 0 bridgehead atoms. The molecule has 6 nitrogen and oxygen atoms in total. The molecule has 1 amide bonds. The zero-order valence-electron chi connectivity index (χ0n) is 11.1. The molecule has 21 heavy (non-hydrogen) atoms. The zero-order chi connectivity index (χ0) is 16.0. The molecule has 0 saturated heterocycles. The average Bonchev–Trinajstić information content (AvgIpc) is 2.81. The molecule has 0 aliphatic rings. The van der Waals surface area contributed by atoms with E-state index in [0.717, 1.165) is 6.07 Å². The van der Waals surface area contributed by atoms with E-state index >= 15 is 0 Å². The van der Waals surface area contributed by atoms with Gasteiger partial charge in [-0.15, -0.1) is 0 Å². The molecule has 9 heteroatoms. The van der Waals surface area contributed by atoms with Crippen molar-refractivity contribution in [1.29, 1.82) is 0 Å². The third-order valence-electron chi connectivity index (χ3n) is 2.38. The summed E-state index contributed by atoms with van der Waals surface area (Å²) >= 11 is 0. The van der Waals surface area contributed by atoms with Gasteiger partial charge in [0, 0.05) is 19.0 Å². The monoisotopic (exact) mass is 309 g/mol. The van der Waals surface area contributed by atoms with Crippen molar-refractivity contribution in [3.8, 4) is 0 Å². The normalized spacial score (nSPS) is 11.4. The van der Waals surface area contributed by atoms with Crippen LogP contribution in [0.3, 0.4) is 0 Å². The summed E-state index contributed by atoms with van der Waals surface area (Å²) in [6, 6.07) is 1.08. The van der Waals surface area contributed by atoms with Crippen molar-refractivity contribution in [2.45, 2.75) is 19.5 Å². The van der Waals surface area contributed by atoms with Crippen LogP contribution in [0.15, 0.2) is 10.5 Å². The number of hydrogen-bond donors (Lipinski definition) is 2. The van der Waals surface area contributed by atoms with Crippen LogP contribution in [0, 0.1) is 0 Å². The summed E-state index contributed by atoms with van der Waals surface area (Å²) in [6.45, 7) is -0.206. The van der Waals surface area contributed by atoms with Crippen LogP contribution in [0.4, 0.5) is 13.2 Å². The fourth-order valence-electron chi connectivity index (χ4n) is 1.50. The molecule has 0 spiro atoms. The number of nitrogens with one attached hydrogen (secondary N) is 1. The lowest BCUT2D eigenvalue weighted by Crippen LogP contribution is -2.28. The summed E-state index contributed by atoms with van der Waals surface area (Å²) < 4.78 is 44.7. The minimum atomic E-state index is -4.42. The smallest absolute Gasteiger partial charge is 0.411 e. The summed E-state index contributed by atoms with van der Waals surface area (Å²) in [7, 11) is 0. The maximum absolute atomic E-state index is 11.8. The van der Waals surface area contributed by atoms with Crippen molar-refractivity contribution in [3.63, 3.8) is 0 Å². The van der Waals surface area contributed by atoms with E-state index < -0.39 is 24.7 Å². The Morgan fingerprint density at radius 2 is 2.10 bits per heavy atom. The van der Waals surface area contributed by atoms with Gasteiger partial charge in [0.15, 0.2) is 5.76 Å². The number of halogens is 3. The number of ether oxygens (including phenoxy) is 1. The van der Waals surface area contributed by atoms with Crippen LogP contribution >= 0.6 is 0 Å². The van der Waals surface area contributed by atoms with Gasteiger partial charge in [0.25, 0.3) is 5.91 Å². The number of rotatable bonds is 7. The molecule has 0 aromatic carbocycles. The summed E-state index contributed by atoms with van der Waals surface area (Å²) in [5.41, 5.74) is -0.115. The second kappa shape index (κ2) is 7.11. The van der Waals surface area contributed by atoms with Gasteiger partial charge in [-0.05, 0) is 0 Å². The molecular weight excluding hydrogens is 295 g/mol. The molecule has 0 saturated carbocycles. The number of amides is 1. The molecular formula is C12H14F3NO5. The fraction of sp³-hybridized carbons (Fsp3) is 0.500. The lowest BCUT2D eigenvalue weighted by molar-refractivity contribution is -0.173. The molecule has 1 rings (SSSR count). The van der Waals surface area contributed by atoms with Gasteiger partial charge in [0.2, 0.25) is 0 Å². The number of hydrogen-bond acceptors (Lipinski definition) is 4. The van der Waals surface area contributed by atoms with Crippen LogP contribution in [0.25, 0.3) is 0 Å². The van der Waals surface area contributed by atoms with E-state index in [1.807, 2.05) is 0 Å². The predicted octanol–water partition coefficient (Wildman–Crippen LogP) is 1.85. The van der Waals surface area contributed by atoms with Crippen molar-refractivity contribution in [1.82, 2.24) is 5.32 Å². The summed E-state index contributed by atoms with van der Waals surface area (Å²) in [5.74, 6) is -1.99. The highest BCUT2D eigenvalue weighted by atomic mass is 19.4. The van der Waals surface area contributed by atoms with Crippen LogP contribution in [0.5, 0.6) is 0 Å². The molecule has 1 aromatic heterocycles. The van der Waals surface area contributed by atoms with Crippen LogP contribution in [0.2, 0.25) is 0 Å². The van der Waals surface area contributed by atoms with Crippen LogP contribution in [-0.4, -0.2) is 42.9 Å². The van der Waals surface area contributed by atoms with E-state index in [0.29, 0.717) is 6.42 Å². The standard InChI is InChI=1S/C12H14F3NO5/c1-2-8-7(11(18)19)5-9(21-8)10(17)16-3-4-20-6-12(13,14)15/h5H,2-4,6H2,1H3,(H,16,17)(H,18,19). The maximum atomic E-state index is 11.8. The molecule has 0 aliphatic heterocycles. The second-order valence-electron chi connectivity index (χ2n) is 4.03. The first kappa shape index (κ1) is 17.0. The van der Waals surface area contributed by atoms with Gasteiger partial charge in [-0.25, -0.2) is 4.79 Å². The van der Waals surface area contributed by atoms with Crippen LogP contribution < -0.4 is 5.32 Å². The lowest BCUT2D eigenvalue weighted by atomic mass is 10.2. The third-order valence-corrected chi connectivity index (χ3v) is 2.38. The van der Waals surface area contributed by atoms with Crippen LogP contribution in [0.1, 0.15) is 33.6 Å². The van der Waals surface area contributed by atoms with Gasteiger partial charge in [0.1, 0.15) is 17.9 Å². The quantitative estimate of drug-likeness (QED) is 0.750. The number of carbonyl (C=O) groups excluding carboxylic acids is 1. The Hall–Kier alpha value is -2.03. The molecule has 0 aliphatic carbocycles. The maximum Gasteiger partial charge on any atom is 0.411 e. The first-order valence-corrected chi connectivity index (χ1v) is 6.03. The topological polar surface area (TPSA) is 88.8 Å². The van der Waals surface area contributed by atoms with Crippen molar-refractivity contribution in [2.24, 2.45) is 0 Å². The van der Waals surface area contributed by atoms with E-state index in [-0.39, 0.29) is 30.2 Å². The SMILES string of the molecule is CCc1oc(C(=O)NCCOCC(F)(F)F)cc1C(=O)O. The lowest BCUT2D eigenvalue weighted by Gasteiger charge is -2.07. The Labute approximate surface area is 117 Å². The molecule has 1 heterocycles. The highest BCUT2D eigenvalue weighted by Crippen LogP contribution is 2.16. The predicted molar refractivity (Wildman–Crippen MR) is 64.3 cm³/mol. The number of furan rings is 1. The highest BCUT2D eigenvalue weighted by molar-refractivity contribution is 5.96. The van der Waals surface area contributed by atoms with Gasteiger partial charge < -0.3 is 19.6 Å². The van der Waals surface area contributed by atoms with Crippen molar-refractivity contribution < 1.29 is 37.0 Å². The minimum Gasteiger partial charge on any atom is -0.478 e. The molecule has 118 valence electrons. The van der Waals surface area contributed by atoms with E-state index in [9.17, 15) is 22.8 Å². The molecule has 2 N–H and O–H groups in total. The molecule has 0 unspecified atom stereocenters. The Bertz CT molecular complexity index is 509. The first-order chi connectivity index (χ1) is 9.74. The van der Waals surface area contributed by atoms with E-state index in [1.54, 1.807) is 6.92 Å². The summed E-state index contributed by atoms with van der Waals surface area (Å²) in [4.78, 5) is 22.5. The number of aryl methyl sites for hydroxylation is 1. The Kier molecular flexibility index (Phi) is 5.77. The van der Waals surface area contributed by atoms with Crippen molar-refractivity contribution in [2.75, 3.05) is 19.8 Å². The van der Waals surface area contributed by atoms with Gasteiger partial charge >= 0.3 is 12.1 Å². The summed E-state index contributed by atoms with van der Waals surface area (Å²) in [6.07, 6.45) is -4.12. The fourth-order valence-corrected chi connectivity index (χ4v) is 1.50. The third kappa shape index (κ3) is 5.46. The largest absolute Gasteiger partial charge is 0.478 e. The Morgan fingerprint density at radius 1 is 1.43 bits per heavy atom. The van der Waals surface area contributed by atoms with Crippen molar-refractivity contribution >= 4 is 11.9 Å². The number of carboxylic acids is 1. The van der Waals surface area contributed by atoms with E-state index in [1.165, 1.54) is 0 Å². The average molecular weight is 309 g/mol. The van der Waals surface area contributed by atoms with Crippen molar-refractivity contribution in [3.05, 3.63) is 23.2 Å². The number of carboxylic acid groups (broad SMARTS) is 1. The first-order valence-electron chi connectivity index (χ1n) is 6.03. The number of carbonyl (C=O) groups is 2. The molecule has 0 atom stereocenters. The van der Waals surface area contributed by atoms with Gasteiger partial charge in [-0.2, -0.15) is 13.2 Å². The highest BCUT2D eigenvalue weighted by Gasteiger charge is 2.27. The van der Waals surface area contributed by atoms with Gasteiger partial charge in [-0.3, -0.25) is 4.79 Å². The van der Waals surface area contributed by atoms with Gasteiger partial charge in [0.05, 0.1) is 6.61 Å². The molecule has 0 fully saturated rings. The second-order valence-corrected chi connectivity index (χ2v) is 4.03. The Morgan fingerprint density at radius 3 is 2.57 bits per heavy atom. The van der Waals surface area contributed by atoms with Crippen LogP contribution in [-0.2, 0) is 11.2 Å². The number of alkyl halides is 3. The Balaban J connectivity index is 2.47. The van der Waals surface area contributed by atoms with E-state index in [4.69, 9.17) is 9.52 Å². The minimum absolute atomic E-state index is 0.115. The number of aromatic carboxylic acids is 1. The molecule has 1 aromatic rings. The zero-order valence-corrected chi connectivity index (χ0v) is 11.1. The van der Waals surface area contributed by atoms with Gasteiger partial charge in [-0.1, -0.05) is 6.92 Å². The summed E-state index contributed by atoms with van der Waals surface area (Å²) in [5, 5.41) is 11.2.